The van der Waals surface area contributed by atoms with E-state index in [0.717, 1.165) is 33.4 Å². The Bertz CT molecular complexity index is 1440. The molecule has 4 heterocycles. The van der Waals surface area contributed by atoms with Crippen LogP contribution in [-0.4, -0.2) is 31.7 Å². The Morgan fingerprint density at radius 3 is 2.45 bits per heavy atom. The van der Waals surface area contributed by atoms with Gasteiger partial charge in [-0.3, -0.25) is 4.98 Å². The van der Waals surface area contributed by atoms with Crippen LogP contribution < -0.4 is 9.47 Å². The van der Waals surface area contributed by atoms with Crippen LogP contribution in [0.5, 0.6) is 11.6 Å². The summed E-state index contributed by atoms with van der Waals surface area (Å²) in [5.41, 5.74) is 4.55. The van der Waals surface area contributed by atoms with Crippen molar-refractivity contribution in [1.82, 2.24) is 19.5 Å². The van der Waals surface area contributed by atoms with Gasteiger partial charge < -0.3 is 14.0 Å². The summed E-state index contributed by atoms with van der Waals surface area (Å²) in [7, 11) is 2.09. The molecular weight excluding hydrogens is 527 g/mol. The Morgan fingerprint density at radius 1 is 0.818 bits per heavy atom. The highest BCUT2D eigenvalue weighted by Gasteiger charge is 2.33. The van der Waals surface area contributed by atoms with Gasteiger partial charge in [0.15, 0.2) is 0 Å². The van der Waals surface area contributed by atoms with Gasteiger partial charge in [-0.05, 0) is 58.5 Å². The third kappa shape index (κ3) is 3.90. The standard InChI is InChI=1S/C26H21IN4O2/c1-31-23-8-9-28-15-22(23)21-5-2-16(10-24(21)31)17-3-7-26(30-13-17)33-20-11-19(12-20)32-18-4-6-25(27)29-14-18/h2-10,13-15,19-20H,11-12H2,1H3. The van der Waals surface area contributed by atoms with Gasteiger partial charge in [0.25, 0.3) is 0 Å². The van der Waals surface area contributed by atoms with Crippen LogP contribution in [0.4, 0.5) is 0 Å². The molecule has 6 nitrogen and oxygen atoms in total. The number of aryl methyl sites for hydroxylation is 1. The average molecular weight is 548 g/mol. The van der Waals surface area contributed by atoms with Crippen molar-refractivity contribution in [2.45, 2.75) is 25.0 Å². The van der Waals surface area contributed by atoms with E-state index in [1.165, 1.54) is 21.8 Å². The van der Waals surface area contributed by atoms with Gasteiger partial charge in [0.2, 0.25) is 5.88 Å². The number of fused-ring (bicyclic) bond motifs is 3. The second-order valence-electron chi connectivity index (χ2n) is 8.34. The number of halogens is 1. The summed E-state index contributed by atoms with van der Waals surface area (Å²) < 4.78 is 15.2. The summed E-state index contributed by atoms with van der Waals surface area (Å²) in [4.78, 5) is 13.1. The number of aromatic nitrogens is 4. The zero-order valence-corrected chi connectivity index (χ0v) is 20.1. The summed E-state index contributed by atoms with van der Waals surface area (Å²) in [6, 6.07) is 16.5. The number of nitrogens with zero attached hydrogens (tertiary/aromatic N) is 4. The van der Waals surface area contributed by atoms with Crippen molar-refractivity contribution in [2.24, 2.45) is 7.05 Å². The van der Waals surface area contributed by atoms with Crippen molar-refractivity contribution in [3.05, 3.63) is 77.0 Å². The molecule has 164 valence electrons. The molecule has 1 saturated carbocycles. The van der Waals surface area contributed by atoms with Gasteiger partial charge in [-0.25, -0.2) is 9.97 Å². The van der Waals surface area contributed by atoms with Gasteiger partial charge in [-0.2, -0.15) is 0 Å². The molecule has 0 unspecified atom stereocenters. The Labute approximate surface area is 204 Å². The molecule has 0 radical (unpaired) electrons. The average Bonchev–Trinajstić information content (AvgIpc) is 3.11. The quantitative estimate of drug-likeness (QED) is 0.206. The molecule has 0 spiro atoms. The Hall–Kier alpha value is -3.20. The maximum Gasteiger partial charge on any atom is 0.213 e. The van der Waals surface area contributed by atoms with Crippen molar-refractivity contribution in [3.8, 4) is 22.8 Å². The second-order valence-corrected chi connectivity index (χ2v) is 9.44. The topological polar surface area (TPSA) is 62.1 Å². The van der Waals surface area contributed by atoms with E-state index >= 15 is 0 Å². The van der Waals surface area contributed by atoms with Crippen molar-refractivity contribution in [1.29, 1.82) is 0 Å². The first-order valence-electron chi connectivity index (χ1n) is 10.9. The van der Waals surface area contributed by atoms with Gasteiger partial charge in [-0.15, -0.1) is 0 Å². The SMILES string of the molecule is Cn1c2ccncc2c2ccc(-c3ccc(OC4CC(Oc5ccc(I)nc5)C4)nc3)cc21. The zero-order valence-electron chi connectivity index (χ0n) is 18.0. The van der Waals surface area contributed by atoms with Crippen LogP contribution in [0.15, 0.2) is 73.3 Å². The molecule has 33 heavy (non-hydrogen) atoms. The lowest BCUT2D eigenvalue weighted by Gasteiger charge is -2.34. The molecule has 6 rings (SSSR count). The summed E-state index contributed by atoms with van der Waals surface area (Å²) in [5.74, 6) is 1.45. The molecule has 7 heteroatoms. The van der Waals surface area contributed by atoms with E-state index in [4.69, 9.17) is 9.47 Å². The van der Waals surface area contributed by atoms with E-state index in [-0.39, 0.29) is 12.2 Å². The van der Waals surface area contributed by atoms with E-state index in [2.05, 4.69) is 79.5 Å². The number of hydrogen-bond acceptors (Lipinski definition) is 5. The van der Waals surface area contributed by atoms with Gasteiger partial charge in [0.05, 0.1) is 11.7 Å². The first-order valence-corrected chi connectivity index (χ1v) is 12.0. The Balaban J connectivity index is 1.13. The summed E-state index contributed by atoms with van der Waals surface area (Å²) >= 11 is 2.19. The number of rotatable bonds is 5. The predicted octanol–water partition coefficient (Wildman–Crippen LogP) is 5.78. The maximum atomic E-state index is 6.04. The van der Waals surface area contributed by atoms with Gasteiger partial charge in [-0.1, -0.05) is 12.1 Å². The smallest absolute Gasteiger partial charge is 0.213 e. The van der Waals surface area contributed by atoms with Crippen LogP contribution in [0.2, 0.25) is 0 Å². The molecule has 0 saturated heterocycles. The second kappa shape index (κ2) is 8.30. The fourth-order valence-corrected chi connectivity index (χ4v) is 4.68. The first kappa shape index (κ1) is 20.4. The van der Waals surface area contributed by atoms with Crippen molar-refractivity contribution < 1.29 is 9.47 Å². The maximum absolute atomic E-state index is 6.04. The zero-order chi connectivity index (χ0) is 22.4. The van der Waals surface area contributed by atoms with Gasteiger partial charge >= 0.3 is 0 Å². The van der Waals surface area contributed by atoms with Crippen LogP contribution >= 0.6 is 22.6 Å². The minimum absolute atomic E-state index is 0.130. The summed E-state index contributed by atoms with van der Waals surface area (Å²) in [6.45, 7) is 0. The van der Waals surface area contributed by atoms with Crippen LogP contribution in [0.25, 0.3) is 32.9 Å². The van der Waals surface area contributed by atoms with Crippen molar-refractivity contribution in [2.75, 3.05) is 0 Å². The van der Waals surface area contributed by atoms with E-state index in [0.29, 0.717) is 5.88 Å². The molecule has 1 aliphatic rings. The first-order chi connectivity index (χ1) is 16.1. The van der Waals surface area contributed by atoms with Crippen molar-refractivity contribution >= 4 is 44.4 Å². The Morgan fingerprint density at radius 2 is 1.67 bits per heavy atom. The molecule has 0 amide bonds. The molecule has 0 N–H and O–H groups in total. The third-order valence-corrected chi connectivity index (χ3v) is 6.86. The molecule has 1 aromatic carbocycles. The predicted molar refractivity (Wildman–Crippen MR) is 136 cm³/mol. The van der Waals surface area contributed by atoms with Crippen LogP contribution in [0.1, 0.15) is 12.8 Å². The van der Waals surface area contributed by atoms with E-state index in [1.54, 1.807) is 6.20 Å². The number of hydrogen-bond donors (Lipinski definition) is 0. The molecule has 0 aliphatic heterocycles. The highest BCUT2D eigenvalue weighted by molar-refractivity contribution is 14.1. The number of pyridine rings is 3. The molecule has 5 aromatic rings. The minimum atomic E-state index is 0.130. The largest absolute Gasteiger partial charge is 0.489 e. The number of ether oxygens (including phenoxy) is 2. The fourth-order valence-electron chi connectivity index (χ4n) is 4.36. The molecular formula is C26H21IN4O2. The summed E-state index contributed by atoms with van der Waals surface area (Å²) in [6.07, 6.45) is 9.40. The molecule has 1 aliphatic carbocycles. The highest BCUT2D eigenvalue weighted by atomic mass is 127. The van der Waals surface area contributed by atoms with Crippen LogP contribution in [0, 0.1) is 3.70 Å². The van der Waals surface area contributed by atoms with E-state index in [1.807, 2.05) is 36.8 Å². The third-order valence-electron chi connectivity index (χ3n) is 6.22. The van der Waals surface area contributed by atoms with E-state index in [9.17, 15) is 0 Å². The monoisotopic (exact) mass is 548 g/mol. The molecule has 4 aromatic heterocycles. The van der Waals surface area contributed by atoms with Gasteiger partial charge in [0, 0.05) is 66.4 Å². The lowest BCUT2D eigenvalue weighted by molar-refractivity contribution is 0.00208. The minimum Gasteiger partial charge on any atom is -0.489 e. The van der Waals surface area contributed by atoms with Crippen LogP contribution in [-0.2, 0) is 7.05 Å². The molecule has 1 fully saturated rings. The Kier molecular flexibility index (Phi) is 5.13. The fraction of sp³-hybridized carbons (Fsp3) is 0.192. The molecule has 0 atom stereocenters. The van der Waals surface area contributed by atoms with E-state index < -0.39 is 0 Å². The highest BCUT2D eigenvalue weighted by Crippen LogP contribution is 2.32. The summed E-state index contributed by atoms with van der Waals surface area (Å²) in [5, 5.41) is 2.38. The normalized spacial score (nSPS) is 17.8. The van der Waals surface area contributed by atoms with Crippen LogP contribution in [0.3, 0.4) is 0 Å². The number of benzene rings is 1. The molecule has 0 bridgehead atoms. The lowest BCUT2D eigenvalue weighted by atomic mass is 9.92. The lowest BCUT2D eigenvalue weighted by Crippen LogP contribution is -2.41. The van der Waals surface area contributed by atoms with Gasteiger partial charge in [0.1, 0.15) is 21.7 Å². The van der Waals surface area contributed by atoms with Crippen molar-refractivity contribution in [3.63, 3.8) is 0 Å².